The number of hydrogen-bond acceptors (Lipinski definition) is 7. The summed E-state index contributed by atoms with van der Waals surface area (Å²) in [5.74, 6) is -3.09. The second-order valence-corrected chi connectivity index (χ2v) is 8.74. The molecule has 1 aliphatic rings. The molecule has 0 fully saturated rings. The van der Waals surface area contributed by atoms with Crippen molar-refractivity contribution in [2.75, 3.05) is 11.6 Å². The van der Waals surface area contributed by atoms with Gasteiger partial charge in [0, 0.05) is 30.3 Å². The van der Waals surface area contributed by atoms with Crippen LogP contribution in [0.3, 0.4) is 0 Å². The van der Waals surface area contributed by atoms with Crippen LogP contribution in [0.5, 0.6) is 0 Å². The first-order valence-corrected chi connectivity index (χ1v) is 11.4. The third kappa shape index (κ3) is 5.43. The third-order valence-electron chi connectivity index (χ3n) is 6.02. The highest BCUT2D eigenvalue weighted by atomic mass is 19.4. The van der Waals surface area contributed by atoms with Crippen LogP contribution in [0.4, 0.5) is 27.6 Å². The Bertz CT molecular complexity index is 1560. The number of nitrogens with zero attached hydrogens (tertiary/aromatic N) is 5. The molecule has 10 nitrogen and oxygen atoms in total. The van der Waals surface area contributed by atoms with Crippen LogP contribution in [0.2, 0.25) is 0 Å². The normalized spacial score (nSPS) is 13.3. The van der Waals surface area contributed by atoms with Crippen molar-refractivity contribution in [1.82, 2.24) is 19.3 Å². The molecule has 15 heteroatoms. The second-order valence-electron chi connectivity index (χ2n) is 8.74. The van der Waals surface area contributed by atoms with Gasteiger partial charge in [-0.05, 0) is 60.7 Å². The number of benzene rings is 1. The first-order chi connectivity index (χ1) is 18.3. The first-order valence-electron chi connectivity index (χ1n) is 11.4. The standard InChI is InChI=1S/C24H21F5N6O4/c1-12-5-15(7-14-3-4-18(36)35(19(12)14)39-22(37)24(27,28)29)16-6-13(2)21(31-9-16)33-11-32-34(23(33)38)10-17(8-30)20(25)26/h5-7,9,11H,3-4,8,10,30H2,1-2H3. The molecule has 2 aromatic heterocycles. The molecule has 0 unspecified atom stereocenters. The smallest absolute Gasteiger partial charge is 0.327 e. The Balaban J connectivity index is 1.66. The molecule has 0 aliphatic carbocycles. The number of anilines is 1. The maximum absolute atomic E-state index is 12.9. The molecule has 3 heterocycles. The molecule has 0 radical (unpaired) electrons. The second kappa shape index (κ2) is 10.4. The first kappa shape index (κ1) is 27.6. The number of aryl methyl sites for hydroxylation is 3. The molecule has 1 aliphatic heterocycles. The van der Waals surface area contributed by atoms with Gasteiger partial charge in [0.15, 0.2) is 0 Å². The van der Waals surface area contributed by atoms with E-state index in [2.05, 4.69) is 14.9 Å². The minimum atomic E-state index is -5.28. The van der Waals surface area contributed by atoms with Crippen molar-refractivity contribution in [1.29, 1.82) is 0 Å². The number of aromatic nitrogens is 4. The van der Waals surface area contributed by atoms with Crippen molar-refractivity contribution in [2.24, 2.45) is 5.73 Å². The van der Waals surface area contributed by atoms with E-state index in [0.29, 0.717) is 32.9 Å². The molecule has 0 bridgehead atoms. The number of pyridine rings is 1. The van der Waals surface area contributed by atoms with Gasteiger partial charge in [-0.1, -0.05) is 0 Å². The van der Waals surface area contributed by atoms with Gasteiger partial charge in [0.25, 0.3) is 12.0 Å². The predicted octanol–water partition coefficient (Wildman–Crippen LogP) is 3.12. The zero-order chi connectivity index (χ0) is 28.6. The Labute approximate surface area is 217 Å². The van der Waals surface area contributed by atoms with Gasteiger partial charge in [-0.25, -0.2) is 23.8 Å². The fourth-order valence-electron chi connectivity index (χ4n) is 4.15. The summed E-state index contributed by atoms with van der Waals surface area (Å²) < 4.78 is 66.0. The number of alkyl halides is 3. The summed E-state index contributed by atoms with van der Waals surface area (Å²) in [4.78, 5) is 45.1. The molecule has 2 N–H and O–H groups in total. The van der Waals surface area contributed by atoms with Gasteiger partial charge in [-0.15, -0.1) is 5.06 Å². The Hall–Kier alpha value is -4.40. The van der Waals surface area contributed by atoms with Gasteiger partial charge in [-0.2, -0.15) is 27.1 Å². The van der Waals surface area contributed by atoms with E-state index in [1.807, 2.05) is 0 Å². The molecule has 0 atom stereocenters. The highest BCUT2D eigenvalue weighted by molar-refractivity contribution is 5.98. The van der Waals surface area contributed by atoms with E-state index >= 15 is 0 Å². The van der Waals surface area contributed by atoms with Crippen molar-refractivity contribution < 1.29 is 36.4 Å². The molecule has 0 saturated carbocycles. The number of carbonyl (C=O) groups is 2. The quantitative estimate of drug-likeness (QED) is 0.466. The van der Waals surface area contributed by atoms with E-state index < -0.39 is 48.5 Å². The molecule has 3 aromatic rings. The van der Waals surface area contributed by atoms with E-state index in [0.717, 1.165) is 15.6 Å². The fraction of sp³-hybridized carbons (Fsp3) is 0.292. The van der Waals surface area contributed by atoms with Crippen molar-refractivity contribution in [3.8, 4) is 16.9 Å². The van der Waals surface area contributed by atoms with Crippen LogP contribution >= 0.6 is 0 Å². The van der Waals surface area contributed by atoms with Crippen LogP contribution in [0.25, 0.3) is 16.9 Å². The number of rotatable bonds is 6. The van der Waals surface area contributed by atoms with Gasteiger partial charge >= 0.3 is 17.8 Å². The van der Waals surface area contributed by atoms with E-state index in [1.165, 1.54) is 6.20 Å². The van der Waals surface area contributed by atoms with Crippen LogP contribution < -0.4 is 16.5 Å². The van der Waals surface area contributed by atoms with Crippen LogP contribution in [-0.4, -0.2) is 43.9 Å². The van der Waals surface area contributed by atoms with Crippen LogP contribution in [0.1, 0.15) is 23.1 Å². The Kier molecular flexibility index (Phi) is 7.37. The number of carbonyl (C=O) groups excluding carboxylic acids is 2. The van der Waals surface area contributed by atoms with Crippen molar-refractivity contribution >= 4 is 17.6 Å². The van der Waals surface area contributed by atoms with Gasteiger partial charge in [0.1, 0.15) is 12.1 Å². The average molecular weight is 552 g/mol. The predicted molar refractivity (Wildman–Crippen MR) is 127 cm³/mol. The van der Waals surface area contributed by atoms with E-state index in [4.69, 9.17) is 5.73 Å². The molecular weight excluding hydrogens is 531 g/mol. The summed E-state index contributed by atoms with van der Waals surface area (Å²) in [6.45, 7) is 2.31. The van der Waals surface area contributed by atoms with Gasteiger partial charge in [0.2, 0.25) is 0 Å². The minimum Gasteiger partial charge on any atom is -0.327 e. The Morgan fingerprint density at radius 3 is 2.38 bits per heavy atom. The molecule has 206 valence electrons. The lowest BCUT2D eigenvalue weighted by atomic mass is 9.93. The van der Waals surface area contributed by atoms with Crippen molar-refractivity contribution in [3.05, 3.63) is 69.6 Å². The summed E-state index contributed by atoms with van der Waals surface area (Å²) in [6, 6.07) is 4.95. The maximum atomic E-state index is 12.9. The van der Waals surface area contributed by atoms with Crippen LogP contribution in [0.15, 0.2) is 47.2 Å². The molecule has 1 aromatic carbocycles. The summed E-state index contributed by atoms with van der Waals surface area (Å²) in [5, 5.41) is 4.24. The number of hydroxylamine groups is 1. The van der Waals surface area contributed by atoms with Crippen molar-refractivity contribution in [2.45, 2.75) is 39.4 Å². The molecule has 39 heavy (non-hydrogen) atoms. The topological polar surface area (TPSA) is 125 Å². The summed E-state index contributed by atoms with van der Waals surface area (Å²) in [7, 11) is 0. The Morgan fingerprint density at radius 1 is 1.08 bits per heavy atom. The third-order valence-corrected chi connectivity index (χ3v) is 6.02. The lowest BCUT2D eigenvalue weighted by Crippen LogP contribution is -2.41. The van der Waals surface area contributed by atoms with Gasteiger partial charge in [-0.3, -0.25) is 4.79 Å². The largest absolute Gasteiger partial charge is 0.493 e. The van der Waals surface area contributed by atoms with Crippen LogP contribution in [0, 0.1) is 13.8 Å². The number of halogens is 5. The van der Waals surface area contributed by atoms with Gasteiger partial charge < -0.3 is 10.6 Å². The molecular formula is C24H21F5N6O4. The molecule has 4 rings (SSSR count). The van der Waals surface area contributed by atoms with Crippen LogP contribution in [-0.2, 0) is 27.4 Å². The average Bonchev–Trinajstić information content (AvgIpc) is 3.22. The highest BCUT2D eigenvalue weighted by Crippen LogP contribution is 2.36. The minimum absolute atomic E-state index is 0.0588. The number of hydrogen-bond donors (Lipinski definition) is 1. The zero-order valence-electron chi connectivity index (χ0n) is 20.6. The summed E-state index contributed by atoms with van der Waals surface area (Å²) >= 11 is 0. The van der Waals surface area contributed by atoms with Gasteiger partial charge in [0.05, 0.1) is 12.2 Å². The molecule has 0 spiro atoms. The van der Waals surface area contributed by atoms with E-state index in [-0.39, 0.29) is 24.3 Å². The van der Waals surface area contributed by atoms with E-state index in [9.17, 15) is 36.3 Å². The maximum Gasteiger partial charge on any atom is 0.493 e. The lowest BCUT2D eigenvalue weighted by molar-refractivity contribution is -0.201. The Morgan fingerprint density at radius 2 is 1.77 bits per heavy atom. The zero-order valence-corrected chi connectivity index (χ0v) is 20.6. The van der Waals surface area contributed by atoms with E-state index in [1.54, 1.807) is 32.0 Å². The van der Waals surface area contributed by atoms with Crippen molar-refractivity contribution in [3.63, 3.8) is 0 Å². The fourth-order valence-corrected chi connectivity index (χ4v) is 4.15. The highest BCUT2D eigenvalue weighted by Gasteiger charge is 2.44. The summed E-state index contributed by atoms with van der Waals surface area (Å²) in [5.41, 5.74) is 6.84. The number of nitrogens with two attached hydrogens (primary N) is 1. The molecule has 0 saturated heterocycles. The SMILES string of the molecule is Cc1cc(-c2cc(C)c3c(c2)CCC(=O)N3OC(=O)C(F)(F)F)cnc1-n1cnn(CC(CN)=C(F)F)c1=O. The number of amides is 1. The number of fused-ring (bicyclic) bond motifs is 1. The summed E-state index contributed by atoms with van der Waals surface area (Å²) in [6.07, 6.45) is -4.61. The lowest BCUT2D eigenvalue weighted by Gasteiger charge is -2.29. The monoisotopic (exact) mass is 552 g/mol. The molecule has 1 amide bonds.